The molecule has 0 fully saturated rings. The smallest absolute Gasteiger partial charge is 0.211 e. The maximum Gasteiger partial charge on any atom is 0.242 e. The minimum Gasteiger partial charge on any atom is -0.211 e. The number of hydrogen-bond acceptors (Lipinski definition) is 3. The zero-order valence-corrected chi connectivity index (χ0v) is 11.9. The van der Waals surface area contributed by atoms with E-state index in [2.05, 4.69) is 20.7 Å². The van der Waals surface area contributed by atoms with E-state index in [4.69, 9.17) is 16.9 Å². The van der Waals surface area contributed by atoms with Crippen molar-refractivity contribution in [1.82, 2.24) is 4.72 Å². The highest BCUT2D eigenvalue weighted by Crippen LogP contribution is 2.22. The van der Waals surface area contributed by atoms with E-state index in [1.54, 1.807) is 0 Å². The first-order valence-electron chi connectivity index (χ1n) is 4.76. The van der Waals surface area contributed by atoms with E-state index >= 15 is 0 Å². The van der Waals surface area contributed by atoms with Crippen LogP contribution >= 0.6 is 27.5 Å². The molecule has 4 nitrogen and oxygen atoms in total. The van der Waals surface area contributed by atoms with Crippen molar-refractivity contribution >= 4 is 37.6 Å². The summed E-state index contributed by atoms with van der Waals surface area (Å²) in [5, 5.41) is 9.53. The first-order chi connectivity index (χ1) is 8.01. The number of nitrogens with zero attached hydrogens (tertiary/aromatic N) is 1. The number of nitriles is 1. The maximum atomic E-state index is 11.9. The number of alkyl halides is 1. The molecule has 1 rings (SSSR count). The molecule has 0 saturated carbocycles. The molecular weight excluding hydrogens is 328 g/mol. The summed E-state index contributed by atoms with van der Waals surface area (Å²) in [5.41, 5.74) is 0.260. The van der Waals surface area contributed by atoms with E-state index in [9.17, 15) is 8.42 Å². The predicted octanol–water partition coefficient (Wildman–Crippen LogP) is 2.27. The van der Waals surface area contributed by atoms with Crippen LogP contribution in [0.2, 0.25) is 5.02 Å². The van der Waals surface area contributed by atoms with Gasteiger partial charge < -0.3 is 0 Å². The van der Waals surface area contributed by atoms with Crippen LogP contribution in [-0.2, 0) is 10.0 Å². The molecule has 0 unspecified atom stereocenters. The summed E-state index contributed by atoms with van der Waals surface area (Å²) in [6.45, 7) is 0.320. The molecule has 0 heterocycles. The molecule has 0 saturated heterocycles. The lowest BCUT2D eigenvalue weighted by Gasteiger charge is -2.07. The van der Waals surface area contributed by atoms with E-state index in [1.165, 1.54) is 18.2 Å². The fourth-order valence-electron chi connectivity index (χ4n) is 1.13. The van der Waals surface area contributed by atoms with Crippen molar-refractivity contribution in [3.63, 3.8) is 0 Å². The highest BCUT2D eigenvalue weighted by atomic mass is 79.9. The van der Waals surface area contributed by atoms with Gasteiger partial charge in [0.05, 0.1) is 16.7 Å². The van der Waals surface area contributed by atoms with Crippen LogP contribution in [0.1, 0.15) is 12.0 Å². The van der Waals surface area contributed by atoms with Gasteiger partial charge in [-0.05, 0) is 24.6 Å². The van der Waals surface area contributed by atoms with E-state index in [1.807, 2.05) is 6.07 Å². The molecule has 0 aromatic heterocycles. The monoisotopic (exact) mass is 336 g/mol. The van der Waals surface area contributed by atoms with Crippen LogP contribution in [0, 0.1) is 11.3 Å². The van der Waals surface area contributed by atoms with Gasteiger partial charge in [0.15, 0.2) is 0 Å². The summed E-state index contributed by atoms with van der Waals surface area (Å²) >= 11 is 9.02. The van der Waals surface area contributed by atoms with Gasteiger partial charge in [-0.2, -0.15) is 5.26 Å². The van der Waals surface area contributed by atoms with Crippen molar-refractivity contribution in [3.05, 3.63) is 28.8 Å². The van der Waals surface area contributed by atoms with Crippen molar-refractivity contribution in [1.29, 1.82) is 5.26 Å². The summed E-state index contributed by atoms with van der Waals surface area (Å²) < 4.78 is 26.2. The lowest BCUT2D eigenvalue weighted by molar-refractivity contribution is 0.581. The molecule has 1 aromatic carbocycles. The Balaban J connectivity index is 3.02. The molecular formula is C10H10BrClN2O2S. The van der Waals surface area contributed by atoms with Gasteiger partial charge in [0.25, 0.3) is 0 Å². The van der Waals surface area contributed by atoms with Crippen molar-refractivity contribution < 1.29 is 8.42 Å². The lowest BCUT2D eigenvalue weighted by atomic mass is 10.2. The minimum absolute atomic E-state index is 0.0622. The second-order valence-corrected chi connectivity index (χ2v) is 6.13. The molecule has 0 aliphatic heterocycles. The van der Waals surface area contributed by atoms with Crippen molar-refractivity contribution in [2.75, 3.05) is 11.9 Å². The third kappa shape index (κ3) is 3.96. The number of rotatable bonds is 5. The molecule has 7 heteroatoms. The molecule has 1 N–H and O–H groups in total. The summed E-state index contributed by atoms with van der Waals surface area (Å²) in [6.07, 6.45) is 0.675. The molecule has 0 bridgehead atoms. The molecule has 92 valence electrons. The summed E-state index contributed by atoms with van der Waals surface area (Å²) in [4.78, 5) is -0.0622. The van der Waals surface area contributed by atoms with E-state index in [-0.39, 0.29) is 15.5 Å². The van der Waals surface area contributed by atoms with Crippen LogP contribution in [0.3, 0.4) is 0 Å². The van der Waals surface area contributed by atoms with Gasteiger partial charge in [0.2, 0.25) is 10.0 Å². The largest absolute Gasteiger partial charge is 0.242 e. The van der Waals surface area contributed by atoms with Gasteiger partial charge in [0, 0.05) is 11.9 Å². The number of halogens is 2. The molecule has 0 amide bonds. The van der Waals surface area contributed by atoms with Crippen molar-refractivity contribution in [3.8, 4) is 6.07 Å². The lowest BCUT2D eigenvalue weighted by Crippen LogP contribution is -2.25. The zero-order chi connectivity index (χ0) is 12.9. The first-order valence-corrected chi connectivity index (χ1v) is 7.75. The standard InChI is InChI=1S/C10H10BrClN2O2S/c11-4-1-5-14-17(15,16)10-6-8(7-13)2-3-9(10)12/h2-3,6,14H,1,4-5H2. The van der Waals surface area contributed by atoms with Gasteiger partial charge in [-0.25, -0.2) is 13.1 Å². The molecule has 0 atom stereocenters. The SMILES string of the molecule is N#Cc1ccc(Cl)c(S(=O)(=O)NCCCBr)c1. The van der Waals surface area contributed by atoms with E-state index < -0.39 is 10.0 Å². The Kier molecular flexibility index (Phi) is 5.40. The van der Waals surface area contributed by atoms with Gasteiger partial charge in [0.1, 0.15) is 4.90 Å². The summed E-state index contributed by atoms with van der Waals surface area (Å²) in [7, 11) is -3.65. The van der Waals surface area contributed by atoms with Crippen LogP contribution in [0.15, 0.2) is 23.1 Å². The second kappa shape index (κ2) is 6.36. The van der Waals surface area contributed by atoms with E-state index in [0.717, 1.165) is 0 Å². The van der Waals surface area contributed by atoms with E-state index in [0.29, 0.717) is 18.3 Å². The number of benzene rings is 1. The molecule has 0 aliphatic carbocycles. The predicted molar refractivity (Wildman–Crippen MR) is 69.8 cm³/mol. The van der Waals surface area contributed by atoms with Gasteiger partial charge in [-0.15, -0.1) is 0 Å². The third-order valence-electron chi connectivity index (χ3n) is 1.95. The topological polar surface area (TPSA) is 70.0 Å². The Morgan fingerprint density at radius 3 is 2.76 bits per heavy atom. The van der Waals surface area contributed by atoms with Crippen molar-refractivity contribution in [2.24, 2.45) is 0 Å². The minimum atomic E-state index is -3.65. The molecule has 0 aliphatic rings. The molecule has 1 aromatic rings. The van der Waals surface area contributed by atoms with Crippen LogP contribution in [0.5, 0.6) is 0 Å². The summed E-state index contributed by atoms with van der Waals surface area (Å²) in [6, 6.07) is 6.01. The maximum absolute atomic E-state index is 11.9. The first kappa shape index (κ1) is 14.5. The fourth-order valence-corrected chi connectivity index (χ4v) is 3.01. The third-order valence-corrected chi connectivity index (χ3v) is 4.46. The Morgan fingerprint density at radius 2 is 2.18 bits per heavy atom. The Hall–Kier alpha value is -0.610. The second-order valence-electron chi connectivity index (χ2n) is 3.20. The zero-order valence-electron chi connectivity index (χ0n) is 8.78. The van der Waals surface area contributed by atoms with Gasteiger partial charge in [-0.1, -0.05) is 27.5 Å². The highest BCUT2D eigenvalue weighted by Gasteiger charge is 2.17. The fraction of sp³-hybridized carbons (Fsp3) is 0.300. The van der Waals surface area contributed by atoms with Crippen LogP contribution in [0.25, 0.3) is 0 Å². The number of sulfonamides is 1. The van der Waals surface area contributed by atoms with Crippen molar-refractivity contribution in [2.45, 2.75) is 11.3 Å². The average Bonchev–Trinajstić information content (AvgIpc) is 2.29. The van der Waals surface area contributed by atoms with Gasteiger partial charge >= 0.3 is 0 Å². The van der Waals surface area contributed by atoms with Crippen LogP contribution < -0.4 is 4.72 Å². The summed E-state index contributed by atoms with van der Waals surface area (Å²) in [5.74, 6) is 0. The number of hydrogen-bond donors (Lipinski definition) is 1. The average molecular weight is 338 g/mol. The normalized spacial score (nSPS) is 11.1. The van der Waals surface area contributed by atoms with Crippen LogP contribution in [-0.4, -0.2) is 20.3 Å². The molecule has 0 spiro atoms. The Bertz CT molecular complexity index is 540. The Labute approximate surface area is 114 Å². The van der Waals surface area contributed by atoms with Gasteiger partial charge in [-0.3, -0.25) is 0 Å². The Morgan fingerprint density at radius 1 is 1.47 bits per heavy atom. The van der Waals surface area contributed by atoms with Crippen LogP contribution in [0.4, 0.5) is 0 Å². The molecule has 17 heavy (non-hydrogen) atoms. The molecule has 0 radical (unpaired) electrons. The number of nitrogens with one attached hydrogen (secondary N) is 1. The quantitative estimate of drug-likeness (QED) is 0.662. The highest BCUT2D eigenvalue weighted by molar-refractivity contribution is 9.09.